The highest BCUT2D eigenvalue weighted by Crippen LogP contribution is 2.37. The summed E-state index contributed by atoms with van der Waals surface area (Å²) in [6, 6.07) is 3.12. The van der Waals surface area contributed by atoms with Crippen molar-refractivity contribution in [3.8, 4) is 5.75 Å². The van der Waals surface area contributed by atoms with Crippen LogP contribution in [-0.2, 0) is 15.4 Å². The Balaban J connectivity index is 3.71. The number of benzene rings is 1. The van der Waals surface area contributed by atoms with E-state index >= 15 is 0 Å². The Hall–Kier alpha value is -0.340. The van der Waals surface area contributed by atoms with E-state index in [2.05, 4.69) is 22.6 Å². The van der Waals surface area contributed by atoms with E-state index in [1.807, 2.05) is 20.8 Å². The molecule has 0 aliphatic rings. The summed E-state index contributed by atoms with van der Waals surface area (Å²) in [5.41, 5.74) is 0.368. The number of ether oxygens (including phenoxy) is 1. The SMILES string of the molecule is COc1ccc(S(N)(=O)=O)c(C(C)(C)C)c1I. The predicted octanol–water partition coefficient (Wildman–Crippen LogP) is 2.24. The van der Waals surface area contributed by atoms with Gasteiger partial charge in [-0.1, -0.05) is 20.8 Å². The van der Waals surface area contributed by atoms with Gasteiger partial charge in [0.2, 0.25) is 10.0 Å². The molecule has 0 aliphatic carbocycles. The summed E-state index contributed by atoms with van der Waals surface area (Å²) in [5, 5.41) is 5.24. The van der Waals surface area contributed by atoms with Gasteiger partial charge in [-0.05, 0) is 45.7 Å². The summed E-state index contributed by atoms with van der Waals surface area (Å²) >= 11 is 2.09. The standard InChI is InChI=1S/C11H16INO3S/c1-11(2,3)9-8(17(13,14)15)6-5-7(16-4)10(9)12/h5-6H,1-4H3,(H2,13,14,15). The van der Waals surface area contributed by atoms with Gasteiger partial charge in [0, 0.05) is 0 Å². The molecule has 0 heterocycles. The number of nitrogens with two attached hydrogens (primary N) is 1. The van der Waals surface area contributed by atoms with E-state index in [1.165, 1.54) is 6.07 Å². The van der Waals surface area contributed by atoms with Crippen LogP contribution < -0.4 is 9.88 Å². The van der Waals surface area contributed by atoms with E-state index in [0.29, 0.717) is 11.3 Å². The largest absolute Gasteiger partial charge is 0.496 e. The quantitative estimate of drug-likeness (QED) is 0.813. The molecule has 1 aromatic rings. The molecule has 1 rings (SSSR count). The van der Waals surface area contributed by atoms with Crippen molar-refractivity contribution < 1.29 is 13.2 Å². The van der Waals surface area contributed by atoms with Crippen molar-refractivity contribution in [2.45, 2.75) is 31.1 Å². The molecular weight excluding hydrogens is 353 g/mol. The first kappa shape index (κ1) is 14.7. The number of methoxy groups -OCH3 is 1. The Bertz CT molecular complexity index is 532. The lowest BCUT2D eigenvalue weighted by atomic mass is 9.87. The molecule has 0 fully saturated rings. The van der Waals surface area contributed by atoms with Crippen LogP contribution in [0, 0.1) is 3.57 Å². The first-order valence-corrected chi connectivity index (χ1v) is 7.61. The van der Waals surface area contributed by atoms with Crippen LogP contribution in [0.25, 0.3) is 0 Å². The van der Waals surface area contributed by atoms with Gasteiger partial charge in [-0.2, -0.15) is 0 Å². The zero-order chi connectivity index (χ0) is 13.4. The van der Waals surface area contributed by atoms with E-state index in [-0.39, 0.29) is 10.3 Å². The average molecular weight is 369 g/mol. The van der Waals surface area contributed by atoms with Crippen LogP contribution in [0.2, 0.25) is 0 Å². The molecule has 0 amide bonds. The second-order valence-electron chi connectivity index (χ2n) is 4.75. The first-order valence-electron chi connectivity index (χ1n) is 4.99. The van der Waals surface area contributed by atoms with E-state index in [9.17, 15) is 8.42 Å². The van der Waals surface area contributed by atoms with Crippen LogP contribution in [-0.4, -0.2) is 15.5 Å². The van der Waals surface area contributed by atoms with Crippen LogP contribution in [0.5, 0.6) is 5.75 Å². The molecule has 6 heteroatoms. The average Bonchev–Trinajstić information content (AvgIpc) is 2.13. The molecule has 0 bridgehead atoms. The third-order valence-corrected chi connectivity index (χ3v) is 4.37. The summed E-state index contributed by atoms with van der Waals surface area (Å²) in [5.74, 6) is 0.655. The molecule has 0 saturated carbocycles. The number of sulfonamides is 1. The van der Waals surface area contributed by atoms with E-state index in [4.69, 9.17) is 9.88 Å². The van der Waals surface area contributed by atoms with Crippen LogP contribution in [0.1, 0.15) is 26.3 Å². The van der Waals surface area contributed by atoms with Crippen LogP contribution in [0.15, 0.2) is 17.0 Å². The van der Waals surface area contributed by atoms with Crippen molar-refractivity contribution in [1.82, 2.24) is 0 Å². The zero-order valence-corrected chi connectivity index (χ0v) is 13.2. The molecule has 0 aromatic heterocycles. The summed E-state index contributed by atoms with van der Waals surface area (Å²) < 4.78 is 29.2. The van der Waals surface area contributed by atoms with Crippen molar-refractivity contribution in [1.29, 1.82) is 0 Å². The smallest absolute Gasteiger partial charge is 0.238 e. The van der Waals surface area contributed by atoms with Gasteiger partial charge in [0.1, 0.15) is 5.75 Å². The van der Waals surface area contributed by atoms with Crippen LogP contribution in [0.4, 0.5) is 0 Å². The molecule has 0 unspecified atom stereocenters. The van der Waals surface area contributed by atoms with Crippen molar-refractivity contribution in [3.05, 3.63) is 21.3 Å². The van der Waals surface area contributed by atoms with Gasteiger partial charge in [0.05, 0.1) is 15.6 Å². The van der Waals surface area contributed by atoms with E-state index in [0.717, 1.165) is 3.57 Å². The van der Waals surface area contributed by atoms with Crippen LogP contribution >= 0.6 is 22.6 Å². The fourth-order valence-electron chi connectivity index (χ4n) is 1.63. The molecule has 1 aromatic carbocycles. The van der Waals surface area contributed by atoms with Gasteiger partial charge < -0.3 is 4.74 Å². The van der Waals surface area contributed by atoms with Gasteiger partial charge in [0.15, 0.2) is 0 Å². The molecule has 0 saturated heterocycles. The van der Waals surface area contributed by atoms with E-state index in [1.54, 1.807) is 13.2 Å². The molecule has 0 spiro atoms. The second-order valence-corrected chi connectivity index (χ2v) is 7.36. The van der Waals surface area contributed by atoms with Crippen molar-refractivity contribution >= 4 is 32.6 Å². The van der Waals surface area contributed by atoms with Gasteiger partial charge in [-0.15, -0.1) is 0 Å². The molecule has 96 valence electrons. The minimum absolute atomic E-state index is 0.162. The van der Waals surface area contributed by atoms with Crippen molar-refractivity contribution in [2.75, 3.05) is 7.11 Å². The maximum absolute atomic E-state index is 11.6. The Labute approximate surface area is 116 Å². The lowest BCUT2D eigenvalue weighted by Crippen LogP contribution is -2.22. The molecule has 4 nitrogen and oxygen atoms in total. The molecule has 0 atom stereocenters. The van der Waals surface area contributed by atoms with Crippen molar-refractivity contribution in [3.63, 3.8) is 0 Å². The Morgan fingerprint density at radius 3 is 2.18 bits per heavy atom. The number of rotatable bonds is 2. The molecule has 2 N–H and O–H groups in total. The Morgan fingerprint density at radius 2 is 1.82 bits per heavy atom. The number of hydrogen-bond donors (Lipinski definition) is 1. The summed E-state index contributed by atoms with van der Waals surface area (Å²) in [4.78, 5) is 0.162. The number of hydrogen-bond acceptors (Lipinski definition) is 3. The molecular formula is C11H16INO3S. The highest BCUT2D eigenvalue weighted by atomic mass is 127. The summed E-state index contributed by atoms with van der Waals surface area (Å²) in [6.45, 7) is 5.83. The Morgan fingerprint density at radius 1 is 1.29 bits per heavy atom. The predicted molar refractivity (Wildman–Crippen MR) is 75.8 cm³/mol. The third kappa shape index (κ3) is 3.11. The first-order chi connectivity index (χ1) is 7.59. The normalized spacial score (nSPS) is 12.6. The second kappa shape index (κ2) is 4.74. The van der Waals surface area contributed by atoms with Crippen molar-refractivity contribution in [2.24, 2.45) is 5.14 Å². The third-order valence-electron chi connectivity index (χ3n) is 2.34. The summed E-state index contributed by atoms with van der Waals surface area (Å²) in [7, 11) is -2.17. The minimum Gasteiger partial charge on any atom is -0.496 e. The summed E-state index contributed by atoms with van der Waals surface area (Å²) in [6.07, 6.45) is 0. The highest BCUT2D eigenvalue weighted by molar-refractivity contribution is 14.1. The van der Waals surface area contributed by atoms with Gasteiger partial charge >= 0.3 is 0 Å². The molecule has 0 aliphatic heterocycles. The monoisotopic (exact) mass is 369 g/mol. The zero-order valence-electron chi connectivity index (χ0n) is 10.2. The van der Waals surface area contributed by atoms with Gasteiger partial charge in [-0.25, -0.2) is 13.6 Å². The Kier molecular flexibility index (Phi) is 4.10. The van der Waals surface area contributed by atoms with Gasteiger partial charge in [-0.3, -0.25) is 0 Å². The lowest BCUT2D eigenvalue weighted by Gasteiger charge is -2.24. The van der Waals surface area contributed by atoms with E-state index < -0.39 is 10.0 Å². The topological polar surface area (TPSA) is 69.4 Å². The minimum atomic E-state index is -3.72. The fourth-order valence-corrected chi connectivity index (χ4v) is 4.27. The van der Waals surface area contributed by atoms with Gasteiger partial charge in [0.25, 0.3) is 0 Å². The highest BCUT2D eigenvalue weighted by Gasteiger charge is 2.27. The van der Waals surface area contributed by atoms with Crippen LogP contribution in [0.3, 0.4) is 0 Å². The lowest BCUT2D eigenvalue weighted by molar-refractivity contribution is 0.408. The fraction of sp³-hybridized carbons (Fsp3) is 0.455. The maximum atomic E-state index is 11.6. The number of primary sulfonamides is 1. The molecule has 17 heavy (non-hydrogen) atoms. The maximum Gasteiger partial charge on any atom is 0.238 e. The number of halogens is 1. The molecule has 0 radical (unpaired) electrons.